The molecular formula is C14H21N3O. The number of nitrogens with zero attached hydrogens (tertiary/aromatic N) is 1. The van der Waals surface area contributed by atoms with E-state index in [0.717, 1.165) is 31.6 Å². The molecule has 4 heteroatoms. The largest absolute Gasteiger partial charge is 0.366 e. The third-order valence-electron chi connectivity index (χ3n) is 3.72. The Morgan fingerprint density at radius 1 is 1.50 bits per heavy atom. The maximum atomic E-state index is 11.1. The van der Waals surface area contributed by atoms with Crippen LogP contribution in [0.25, 0.3) is 0 Å². The zero-order chi connectivity index (χ0) is 13.1. The number of carbonyl (C=O) groups excluding carboxylic acids is 1. The first-order valence-electron chi connectivity index (χ1n) is 6.43. The van der Waals surface area contributed by atoms with Crippen molar-refractivity contribution in [3.63, 3.8) is 0 Å². The Balaban J connectivity index is 2.01. The van der Waals surface area contributed by atoms with Gasteiger partial charge >= 0.3 is 0 Å². The van der Waals surface area contributed by atoms with Crippen LogP contribution in [0.3, 0.4) is 0 Å². The molecule has 18 heavy (non-hydrogen) atoms. The Morgan fingerprint density at radius 2 is 2.28 bits per heavy atom. The molecule has 0 aromatic heterocycles. The first kappa shape index (κ1) is 13.1. The maximum Gasteiger partial charge on any atom is 0.248 e. The molecule has 2 atom stereocenters. The number of piperidine rings is 1. The zero-order valence-corrected chi connectivity index (χ0v) is 10.8. The van der Waals surface area contributed by atoms with Gasteiger partial charge in [-0.2, -0.15) is 0 Å². The van der Waals surface area contributed by atoms with Crippen LogP contribution < -0.4 is 11.5 Å². The Kier molecular flexibility index (Phi) is 3.99. The Labute approximate surface area is 108 Å². The molecule has 1 fully saturated rings. The van der Waals surface area contributed by atoms with Crippen LogP contribution in [-0.4, -0.2) is 29.9 Å². The van der Waals surface area contributed by atoms with Gasteiger partial charge in [0, 0.05) is 24.7 Å². The van der Waals surface area contributed by atoms with E-state index in [-0.39, 0.29) is 11.9 Å². The highest BCUT2D eigenvalue weighted by Crippen LogP contribution is 2.18. The zero-order valence-electron chi connectivity index (χ0n) is 10.8. The van der Waals surface area contributed by atoms with Gasteiger partial charge in [-0.15, -0.1) is 0 Å². The molecule has 98 valence electrons. The second-order valence-corrected chi connectivity index (χ2v) is 5.23. The van der Waals surface area contributed by atoms with Crippen molar-refractivity contribution in [1.29, 1.82) is 0 Å². The van der Waals surface area contributed by atoms with Crippen LogP contribution in [0.4, 0.5) is 0 Å². The van der Waals surface area contributed by atoms with Crippen molar-refractivity contribution >= 4 is 5.91 Å². The average Bonchev–Trinajstić information content (AvgIpc) is 2.34. The highest BCUT2D eigenvalue weighted by molar-refractivity contribution is 5.92. The van der Waals surface area contributed by atoms with Crippen LogP contribution in [0.15, 0.2) is 24.3 Å². The monoisotopic (exact) mass is 247 g/mol. The first-order valence-corrected chi connectivity index (χ1v) is 6.43. The molecule has 4 N–H and O–H groups in total. The van der Waals surface area contributed by atoms with Crippen LogP contribution >= 0.6 is 0 Å². The topological polar surface area (TPSA) is 72.3 Å². The lowest BCUT2D eigenvalue weighted by Gasteiger charge is -2.35. The molecule has 0 saturated carbocycles. The maximum absolute atomic E-state index is 11.1. The van der Waals surface area contributed by atoms with E-state index >= 15 is 0 Å². The van der Waals surface area contributed by atoms with Gasteiger partial charge < -0.3 is 11.5 Å². The fourth-order valence-corrected chi connectivity index (χ4v) is 2.39. The minimum Gasteiger partial charge on any atom is -0.366 e. The fraction of sp³-hybridized carbons (Fsp3) is 0.500. The fourth-order valence-electron chi connectivity index (χ4n) is 2.39. The minimum absolute atomic E-state index is 0.248. The number of primary amides is 1. The third-order valence-corrected chi connectivity index (χ3v) is 3.72. The molecule has 0 bridgehead atoms. The number of amides is 1. The predicted octanol–water partition coefficient (Wildman–Crippen LogP) is 0.955. The summed E-state index contributed by atoms with van der Waals surface area (Å²) in [7, 11) is 0. The molecule has 1 heterocycles. The van der Waals surface area contributed by atoms with Gasteiger partial charge in [0.25, 0.3) is 0 Å². The highest BCUT2D eigenvalue weighted by Gasteiger charge is 2.22. The summed E-state index contributed by atoms with van der Waals surface area (Å²) >= 11 is 0. The average molecular weight is 247 g/mol. The summed E-state index contributed by atoms with van der Waals surface area (Å²) in [6.45, 7) is 5.02. The van der Waals surface area contributed by atoms with Crippen molar-refractivity contribution in [2.45, 2.75) is 25.9 Å². The quantitative estimate of drug-likeness (QED) is 0.835. The predicted molar refractivity (Wildman–Crippen MR) is 72.0 cm³/mol. The third kappa shape index (κ3) is 3.09. The van der Waals surface area contributed by atoms with Crippen molar-refractivity contribution in [1.82, 2.24) is 4.90 Å². The van der Waals surface area contributed by atoms with Gasteiger partial charge in [0.1, 0.15) is 0 Å². The summed E-state index contributed by atoms with van der Waals surface area (Å²) in [5.41, 5.74) is 13.1. The van der Waals surface area contributed by atoms with Crippen molar-refractivity contribution in [2.75, 3.05) is 13.1 Å². The second kappa shape index (κ2) is 5.50. The lowest BCUT2D eigenvalue weighted by Crippen LogP contribution is -2.47. The first-order chi connectivity index (χ1) is 8.56. The molecule has 0 aliphatic carbocycles. The van der Waals surface area contributed by atoms with Crippen LogP contribution in [0.2, 0.25) is 0 Å². The van der Waals surface area contributed by atoms with Crippen LogP contribution in [0.5, 0.6) is 0 Å². The van der Waals surface area contributed by atoms with Gasteiger partial charge in [-0.3, -0.25) is 9.69 Å². The smallest absolute Gasteiger partial charge is 0.248 e. The number of carbonyl (C=O) groups is 1. The molecule has 1 aromatic rings. The van der Waals surface area contributed by atoms with E-state index in [0.29, 0.717) is 11.5 Å². The van der Waals surface area contributed by atoms with E-state index in [1.807, 2.05) is 18.2 Å². The number of rotatable bonds is 3. The number of nitrogens with two attached hydrogens (primary N) is 2. The number of hydrogen-bond donors (Lipinski definition) is 2. The van der Waals surface area contributed by atoms with Crippen molar-refractivity contribution in [2.24, 2.45) is 17.4 Å². The summed E-state index contributed by atoms with van der Waals surface area (Å²) in [5.74, 6) is 0.221. The van der Waals surface area contributed by atoms with Gasteiger partial charge in [0.2, 0.25) is 5.91 Å². The molecule has 1 aromatic carbocycles. The van der Waals surface area contributed by atoms with Crippen molar-refractivity contribution in [3.05, 3.63) is 35.4 Å². The number of benzene rings is 1. The Morgan fingerprint density at radius 3 is 2.94 bits per heavy atom. The van der Waals surface area contributed by atoms with Crippen LogP contribution in [0, 0.1) is 5.92 Å². The van der Waals surface area contributed by atoms with Gasteiger partial charge in [0.05, 0.1) is 0 Å². The van der Waals surface area contributed by atoms with E-state index < -0.39 is 0 Å². The van der Waals surface area contributed by atoms with Crippen molar-refractivity contribution < 1.29 is 4.79 Å². The molecule has 2 unspecified atom stereocenters. The SMILES string of the molecule is CC1CCN(Cc2cccc(C(N)=O)c2)CC1N. The van der Waals surface area contributed by atoms with E-state index in [4.69, 9.17) is 11.5 Å². The molecule has 0 radical (unpaired) electrons. The molecule has 1 aliphatic rings. The van der Waals surface area contributed by atoms with Gasteiger partial charge in [-0.25, -0.2) is 0 Å². The summed E-state index contributed by atoms with van der Waals surface area (Å²) in [5, 5.41) is 0. The Hall–Kier alpha value is -1.39. The van der Waals surface area contributed by atoms with E-state index in [2.05, 4.69) is 11.8 Å². The minimum atomic E-state index is -0.374. The van der Waals surface area contributed by atoms with Gasteiger partial charge in [0.15, 0.2) is 0 Å². The van der Waals surface area contributed by atoms with E-state index in [1.165, 1.54) is 0 Å². The second-order valence-electron chi connectivity index (χ2n) is 5.23. The molecule has 2 rings (SSSR count). The summed E-state index contributed by atoms with van der Waals surface area (Å²) in [6, 6.07) is 7.76. The van der Waals surface area contributed by atoms with Crippen LogP contribution in [0.1, 0.15) is 29.3 Å². The number of hydrogen-bond acceptors (Lipinski definition) is 3. The van der Waals surface area contributed by atoms with Crippen LogP contribution in [-0.2, 0) is 6.54 Å². The number of likely N-dealkylation sites (tertiary alicyclic amines) is 1. The lowest BCUT2D eigenvalue weighted by molar-refractivity contribution is 0.1000. The summed E-state index contributed by atoms with van der Waals surface area (Å²) in [4.78, 5) is 13.5. The normalized spacial score (nSPS) is 25.0. The van der Waals surface area contributed by atoms with E-state index in [9.17, 15) is 4.79 Å². The standard InChI is InChI=1S/C14H21N3O/c1-10-5-6-17(9-13(10)15)8-11-3-2-4-12(7-11)14(16)18/h2-4,7,10,13H,5-6,8-9,15H2,1H3,(H2,16,18). The highest BCUT2D eigenvalue weighted by atomic mass is 16.1. The molecule has 0 spiro atoms. The lowest BCUT2D eigenvalue weighted by atomic mass is 9.94. The molecule has 4 nitrogen and oxygen atoms in total. The van der Waals surface area contributed by atoms with Crippen molar-refractivity contribution in [3.8, 4) is 0 Å². The molecule has 1 aliphatic heterocycles. The molecule has 1 saturated heterocycles. The molecule has 1 amide bonds. The Bertz CT molecular complexity index is 433. The van der Waals surface area contributed by atoms with E-state index in [1.54, 1.807) is 6.07 Å². The molecular weight excluding hydrogens is 226 g/mol. The van der Waals surface area contributed by atoms with Gasteiger partial charge in [-0.05, 0) is 36.6 Å². The van der Waals surface area contributed by atoms with Gasteiger partial charge in [-0.1, -0.05) is 19.1 Å². The summed E-state index contributed by atoms with van der Waals surface area (Å²) < 4.78 is 0. The summed E-state index contributed by atoms with van der Waals surface area (Å²) in [6.07, 6.45) is 1.14.